The van der Waals surface area contributed by atoms with E-state index in [0.717, 1.165) is 32.3 Å². The maximum atomic E-state index is 11.9. The van der Waals surface area contributed by atoms with Gasteiger partial charge in [-0.15, -0.1) is 0 Å². The van der Waals surface area contributed by atoms with Gasteiger partial charge in [0.1, 0.15) is 5.78 Å². The third-order valence-electron chi connectivity index (χ3n) is 4.15. The van der Waals surface area contributed by atoms with Crippen molar-refractivity contribution in [3.63, 3.8) is 0 Å². The Morgan fingerprint density at radius 1 is 1.29 bits per heavy atom. The summed E-state index contributed by atoms with van der Waals surface area (Å²) in [6.45, 7) is 0.907. The van der Waals surface area contributed by atoms with Crippen molar-refractivity contribution < 1.29 is 9.53 Å². The van der Waals surface area contributed by atoms with Crippen LogP contribution in [0.3, 0.4) is 0 Å². The van der Waals surface area contributed by atoms with Gasteiger partial charge in [0.2, 0.25) is 0 Å². The Kier molecular flexibility index (Phi) is 4.57. The summed E-state index contributed by atoms with van der Waals surface area (Å²) >= 11 is 0. The van der Waals surface area contributed by atoms with E-state index in [1.165, 1.54) is 25.7 Å². The second kappa shape index (κ2) is 5.96. The van der Waals surface area contributed by atoms with Crippen LogP contribution in [0.25, 0.3) is 0 Å². The lowest BCUT2D eigenvalue weighted by Crippen LogP contribution is -2.38. The normalized spacial score (nSPS) is 27.5. The first-order chi connectivity index (χ1) is 8.18. The molecule has 0 aromatic carbocycles. The molecule has 2 aliphatic rings. The highest BCUT2D eigenvalue weighted by Crippen LogP contribution is 2.30. The number of rotatable bonds is 6. The van der Waals surface area contributed by atoms with Crippen LogP contribution in [0.2, 0.25) is 0 Å². The molecular formula is C14H25NO2. The Morgan fingerprint density at radius 3 is 2.71 bits per heavy atom. The molecule has 0 bridgehead atoms. The second-order valence-corrected chi connectivity index (χ2v) is 5.81. The van der Waals surface area contributed by atoms with Gasteiger partial charge >= 0.3 is 0 Å². The molecule has 17 heavy (non-hydrogen) atoms. The van der Waals surface area contributed by atoms with Crippen LogP contribution in [0.1, 0.15) is 64.2 Å². The summed E-state index contributed by atoms with van der Waals surface area (Å²) in [5.74, 6) is 0.354. The van der Waals surface area contributed by atoms with Crippen LogP contribution in [0.15, 0.2) is 0 Å². The van der Waals surface area contributed by atoms with Crippen LogP contribution in [0.5, 0.6) is 0 Å². The Bertz CT molecular complexity index is 253. The van der Waals surface area contributed by atoms with Gasteiger partial charge in [-0.3, -0.25) is 4.79 Å². The third kappa shape index (κ3) is 4.07. The van der Waals surface area contributed by atoms with E-state index in [1.54, 1.807) is 0 Å². The summed E-state index contributed by atoms with van der Waals surface area (Å²) in [6.07, 6.45) is 10.5. The standard InChI is InChI=1S/C14H25NO2/c15-14(8-1-2-9-14)11-12(16)5-3-6-13-7-4-10-17-13/h13H,1-11,15H2. The number of nitrogens with two attached hydrogens (primary N) is 1. The van der Waals surface area contributed by atoms with Crippen molar-refractivity contribution in [1.82, 2.24) is 0 Å². The van der Waals surface area contributed by atoms with Gasteiger partial charge in [0.25, 0.3) is 0 Å². The van der Waals surface area contributed by atoms with Gasteiger partial charge in [0.15, 0.2) is 0 Å². The molecule has 1 unspecified atom stereocenters. The van der Waals surface area contributed by atoms with Crippen LogP contribution in [0.4, 0.5) is 0 Å². The fourth-order valence-corrected chi connectivity index (χ4v) is 3.14. The number of ether oxygens (including phenoxy) is 1. The highest BCUT2D eigenvalue weighted by molar-refractivity contribution is 5.79. The summed E-state index contributed by atoms with van der Waals surface area (Å²) in [6, 6.07) is 0. The number of carbonyl (C=O) groups is 1. The molecule has 0 aromatic rings. The van der Waals surface area contributed by atoms with Crippen LogP contribution in [0, 0.1) is 0 Å². The van der Waals surface area contributed by atoms with E-state index in [-0.39, 0.29) is 5.54 Å². The first-order valence-corrected chi connectivity index (χ1v) is 7.10. The molecule has 0 spiro atoms. The maximum Gasteiger partial charge on any atom is 0.134 e. The second-order valence-electron chi connectivity index (χ2n) is 5.81. The summed E-state index contributed by atoms with van der Waals surface area (Å²) in [4.78, 5) is 11.9. The lowest BCUT2D eigenvalue weighted by molar-refractivity contribution is -0.120. The fraction of sp³-hybridized carbons (Fsp3) is 0.929. The average Bonchev–Trinajstić information content (AvgIpc) is 2.90. The number of hydrogen-bond acceptors (Lipinski definition) is 3. The highest BCUT2D eigenvalue weighted by atomic mass is 16.5. The van der Waals surface area contributed by atoms with Crippen molar-refractivity contribution >= 4 is 5.78 Å². The lowest BCUT2D eigenvalue weighted by atomic mass is 9.90. The minimum absolute atomic E-state index is 0.166. The SMILES string of the molecule is NC1(CC(=O)CCCC2CCCO2)CCCC1. The summed E-state index contributed by atoms with van der Waals surface area (Å²) in [5.41, 5.74) is 6.04. The average molecular weight is 239 g/mol. The molecule has 2 N–H and O–H groups in total. The van der Waals surface area contributed by atoms with E-state index in [1.807, 2.05) is 0 Å². The van der Waals surface area contributed by atoms with E-state index < -0.39 is 0 Å². The molecule has 2 rings (SSSR count). The topological polar surface area (TPSA) is 52.3 Å². The zero-order valence-electron chi connectivity index (χ0n) is 10.7. The van der Waals surface area contributed by atoms with Crippen LogP contribution in [-0.2, 0) is 9.53 Å². The van der Waals surface area contributed by atoms with Gasteiger partial charge in [0.05, 0.1) is 6.10 Å². The van der Waals surface area contributed by atoms with Crippen molar-refractivity contribution in [3.8, 4) is 0 Å². The van der Waals surface area contributed by atoms with Crippen molar-refractivity contribution in [2.75, 3.05) is 6.61 Å². The molecule has 3 heteroatoms. The van der Waals surface area contributed by atoms with Crippen molar-refractivity contribution in [1.29, 1.82) is 0 Å². The Labute approximate surface area is 104 Å². The van der Waals surface area contributed by atoms with Crippen molar-refractivity contribution in [3.05, 3.63) is 0 Å². The van der Waals surface area contributed by atoms with Crippen molar-refractivity contribution in [2.24, 2.45) is 5.73 Å². The van der Waals surface area contributed by atoms with E-state index in [4.69, 9.17) is 10.5 Å². The third-order valence-corrected chi connectivity index (χ3v) is 4.15. The largest absolute Gasteiger partial charge is 0.378 e. The highest BCUT2D eigenvalue weighted by Gasteiger charge is 2.31. The van der Waals surface area contributed by atoms with Gasteiger partial charge in [-0.1, -0.05) is 12.8 Å². The first-order valence-electron chi connectivity index (χ1n) is 7.10. The number of Topliss-reactive ketones (excluding diaryl/α,β-unsaturated/α-hetero) is 1. The molecule has 1 saturated heterocycles. The molecule has 1 heterocycles. The molecule has 0 amide bonds. The fourth-order valence-electron chi connectivity index (χ4n) is 3.14. The smallest absolute Gasteiger partial charge is 0.134 e. The first kappa shape index (κ1) is 13.0. The number of hydrogen-bond donors (Lipinski definition) is 1. The maximum absolute atomic E-state index is 11.9. The monoisotopic (exact) mass is 239 g/mol. The summed E-state index contributed by atoms with van der Waals surface area (Å²) in [5, 5.41) is 0. The van der Waals surface area contributed by atoms with E-state index in [0.29, 0.717) is 24.7 Å². The molecule has 1 aliphatic heterocycles. The molecule has 0 radical (unpaired) electrons. The molecule has 1 saturated carbocycles. The zero-order valence-corrected chi connectivity index (χ0v) is 10.7. The summed E-state index contributed by atoms with van der Waals surface area (Å²) < 4.78 is 5.55. The Balaban J connectivity index is 1.60. The predicted octanol–water partition coefficient (Wildman–Crippen LogP) is 2.57. The molecule has 0 aromatic heterocycles. The molecule has 98 valence electrons. The van der Waals surface area contributed by atoms with Gasteiger partial charge in [0, 0.05) is 25.0 Å². The minimum atomic E-state index is -0.166. The predicted molar refractivity (Wildman–Crippen MR) is 67.8 cm³/mol. The Morgan fingerprint density at radius 2 is 2.06 bits per heavy atom. The van der Waals surface area contributed by atoms with Crippen LogP contribution < -0.4 is 5.73 Å². The van der Waals surface area contributed by atoms with Gasteiger partial charge in [-0.25, -0.2) is 0 Å². The Hall–Kier alpha value is -0.410. The van der Waals surface area contributed by atoms with Gasteiger partial charge in [-0.2, -0.15) is 0 Å². The minimum Gasteiger partial charge on any atom is -0.378 e. The van der Waals surface area contributed by atoms with Crippen molar-refractivity contribution in [2.45, 2.75) is 75.9 Å². The number of ketones is 1. The van der Waals surface area contributed by atoms with Crippen LogP contribution >= 0.6 is 0 Å². The molecule has 1 aliphatic carbocycles. The van der Waals surface area contributed by atoms with E-state index in [9.17, 15) is 4.79 Å². The quantitative estimate of drug-likeness (QED) is 0.775. The molecule has 3 nitrogen and oxygen atoms in total. The molecule has 2 fully saturated rings. The summed E-state index contributed by atoms with van der Waals surface area (Å²) in [7, 11) is 0. The van der Waals surface area contributed by atoms with Gasteiger partial charge in [-0.05, 0) is 38.5 Å². The molecular weight excluding hydrogens is 214 g/mol. The van der Waals surface area contributed by atoms with E-state index >= 15 is 0 Å². The van der Waals surface area contributed by atoms with Gasteiger partial charge < -0.3 is 10.5 Å². The number of carbonyl (C=O) groups excluding carboxylic acids is 1. The lowest BCUT2D eigenvalue weighted by Gasteiger charge is -2.22. The molecule has 1 atom stereocenters. The van der Waals surface area contributed by atoms with E-state index in [2.05, 4.69) is 0 Å². The zero-order chi connectivity index (χ0) is 12.1. The van der Waals surface area contributed by atoms with Crippen LogP contribution in [-0.4, -0.2) is 24.0 Å².